The number of rotatable bonds is 4. The van der Waals surface area contributed by atoms with Gasteiger partial charge in [-0.2, -0.15) is 15.3 Å². The van der Waals surface area contributed by atoms with E-state index in [4.69, 9.17) is 30.0 Å². The van der Waals surface area contributed by atoms with Crippen molar-refractivity contribution in [1.82, 2.24) is 4.90 Å². The maximum atomic E-state index is 4.93. The first-order chi connectivity index (χ1) is 7.97. The van der Waals surface area contributed by atoms with E-state index in [2.05, 4.69) is 20.4 Å². The van der Waals surface area contributed by atoms with Crippen LogP contribution in [0.1, 0.15) is 13.8 Å². The van der Waals surface area contributed by atoms with Crippen LogP contribution in [0.25, 0.3) is 0 Å². The topological polar surface area (TPSA) is 61.9 Å². The van der Waals surface area contributed by atoms with Crippen molar-refractivity contribution >= 4 is 47.6 Å². The van der Waals surface area contributed by atoms with Gasteiger partial charge in [0.15, 0.2) is 0 Å². The SMILES string of the molecule is CCOC([S-])=NN=CC(C)=NN=C([S-])N(C)C.[Cu+2]. The van der Waals surface area contributed by atoms with Crippen LogP contribution in [0, 0.1) is 0 Å². The van der Waals surface area contributed by atoms with Crippen molar-refractivity contribution in [2.75, 3.05) is 20.7 Å². The summed E-state index contributed by atoms with van der Waals surface area (Å²) in [6, 6.07) is 0. The molecule has 0 saturated heterocycles. The fourth-order valence-corrected chi connectivity index (χ4v) is 0.755. The molecule has 0 unspecified atom stereocenters. The summed E-state index contributed by atoms with van der Waals surface area (Å²) in [6.45, 7) is 4.02. The normalized spacial score (nSPS) is 13.4. The van der Waals surface area contributed by atoms with Crippen LogP contribution in [0.2, 0.25) is 0 Å². The predicted molar refractivity (Wildman–Crippen MR) is 76.5 cm³/mol. The Morgan fingerprint density at radius 1 is 1.22 bits per heavy atom. The van der Waals surface area contributed by atoms with Crippen molar-refractivity contribution in [3.63, 3.8) is 0 Å². The van der Waals surface area contributed by atoms with E-state index in [9.17, 15) is 0 Å². The van der Waals surface area contributed by atoms with Gasteiger partial charge in [0.25, 0.3) is 0 Å². The number of amidine groups is 1. The molecule has 9 heteroatoms. The number of hydrogen-bond acceptors (Lipinski definition) is 7. The van der Waals surface area contributed by atoms with Crippen molar-refractivity contribution in [2.24, 2.45) is 20.4 Å². The first kappa shape index (κ1) is 19.6. The predicted octanol–water partition coefficient (Wildman–Crippen LogP) is 0.750. The number of ether oxygens (including phenoxy) is 1. The molecule has 0 aromatic carbocycles. The van der Waals surface area contributed by atoms with Crippen molar-refractivity contribution in [3.05, 3.63) is 0 Å². The van der Waals surface area contributed by atoms with E-state index in [1.807, 2.05) is 6.92 Å². The average molecular weight is 337 g/mol. The second kappa shape index (κ2) is 11.3. The van der Waals surface area contributed by atoms with Gasteiger partial charge in [-0.05, 0) is 13.8 Å². The molecule has 6 nitrogen and oxygen atoms in total. The Balaban J connectivity index is 0. The molecule has 0 aromatic rings. The largest absolute Gasteiger partial charge is 2.00 e. The quantitative estimate of drug-likeness (QED) is 0.250. The molecule has 0 atom stereocenters. The zero-order chi connectivity index (χ0) is 13.3. The molecule has 0 aliphatic carbocycles. The Labute approximate surface area is 129 Å². The summed E-state index contributed by atoms with van der Waals surface area (Å²) in [6.07, 6.45) is 1.42. The minimum atomic E-state index is 0. The van der Waals surface area contributed by atoms with Gasteiger partial charge in [-0.3, -0.25) is 0 Å². The molecule has 1 radical (unpaired) electrons. The van der Waals surface area contributed by atoms with E-state index in [1.54, 1.807) is 25.9 Å². The Morgan fingerprint density at radius 2 is 1.83 bits per heavy atom. The molecule has 0 aliphatic rings. The van der Waals surface area contributed by atoms with Crippen LogP contribution in [-0.2, 0) is 47.1 Å². The number of nitrogens with zero attached hydrogens (tertiary/aromatic N) is 5. The zero-order valence-electron chi connectivity index (χ0n) is 10.5. The fourth-order valence-electron chi connectivity index (χ4n) is 0.549. The van der Waals surface area contributed by atoms with Crippen molar-refractivity contribution in [2.45, 2.75) is 13.8 Å². The van der Waals surface area contributed by atoms with Crippen LogP contribution < -0.4 is 0 Å². The molecule has 0 fully saturated rings. The van der Waals surface area contributed by atoms with Gasteiger partial charge in [-0.25, -0.2) is 0 Å². The molecule has 0 spiro atoms. The van der Waals surface area contributed by atoms with E-state index < -0.39 is 0 Å². The van der Waals surface area contributed by atoms with Crippen LogP contribution in [0.5, 0.6) is 0 Å². The third-order valence-corrected chi connectivity index (χ3v) is 1.97. The summed E-state index contributed by atoms with van der Waals surface area (Å²) < 4.78 is 4.91. The summed E-state index contributed by atoms with van der Waals surface area (Å²) >= 11 is 9.68. The van der Waals surface area contributed by atoms with E-state index in [0.717, 1.165) is 0 Å². The molecule has 0 rings (SSSR count). The zero-order valence-corrected chi connectivity index (χ0v) is 13.1. The molecule has 18 heavy (non-hydrogen) atoms. The molecule has 0 bridgehead atoms. The van der Waals surface area contributed by atoms with Crippen LogP contribution >= 0.6 is 0 Å². The standard InChI is InChI=1S/C9H17N5OS2.Cu/c1-5-15-9(17)13-10-6-7(2)11-12-8(16)14(3)4;/h6H,5H2,1-4H3,(H,12,16)(H,13,17);/q;+2/p-2. The van der Waals surface area contributed by atoms with Gasteiger partial charge in [0.2, 0.25) is 0 Å². The Bertz CT molecular complexity index is 355. The van der Waals surface area contributed by atoms with E-state index in [-0.39, 0.29) is 22.3 Å². The second-order valence-corrected chi connectivity index (χ2v) is 3.78. The Morgan fingerprint density at radius 3 is 2.33 bits per heavy atom. The van der Waals surface area contributed by atoms with Gasteiger partial charge in [-0.15, -0.1) is 5.10 Å². The maximum Gasteiger partial charge on any atom is 2.00 e. The third-order valence-electron chi connectivity index (χ3n) is 1.33. The van der Waals surface area contributed by atoms with Crippen LogP contribution in [0.4, 0.5) is 0 Å². The average Bonchev–Trinajstić information content (AvgIpc) is 2.26. The first-order valence-corrected chi connectivity index (χ1v) is 5.66. The van der Waals surface area contributed by atoms with E-state index in [1.165, 1.54) is 6.21 Å². The second-order valence-electron chi connectivity index (χ2n) is 3.06. The van der Waals surface area contributed by atoms with Crippen molar-refractivity contribution in [3.8, 4) is 0 Å². The Hall–Kier alpha value is -0.761. The monoisotopic (exact) mass is 336 g/mol. The molecular weight excluding hydrogens is 322 g/mol. The van der Waals surface area contributed by atoms with Gasteiger partial charge < -0.3 is 34.9 Å². The van der Waals surface area contributed by atoms with Gasteiger partial charge in [0, 0.05) is 19.3 Å². The minimum Gasteiger partial charge on any atom is -0.741 e. The van der Waals surface area contributed by atoms with E-state index >= 15 is 0 Å². The summed E-state index contributed by atoms with van der Waals surface area (Å²) in [5, 5.41) is 15.5. The van der Waals surface area contributed by atoms with Crippen LogP contribution in [0.3, 0.4) is 0 Å². The summed E-state index contributed by atoms with van der Waals surface area (Å²) in [5.74, 6) is 0. The van der Waals surface area contributed by atoms with Gasteiger partial charge in [0.05, 0.1) is 23.8 Å². The molecule has 0 amide bonds. The maximum absolute atomic E-state index is 4.93. The summed E-state index contributed by atoms with van der Waals surface area (Å²) in [5.41, 5.74) is 0.567. The van der Waals surface area contributed by atoms with Gasteiger partial charge in [0.1, 0.15) is 0 Å². The van der Waals surface area contributed by atoms with Gasteiger partial charge >= 0.3 is 17.1 Å². The molecule has 0 N–H and O–H groups in total. The molecule has 0 aromatic heterocycles. The molecular formula is C9H15CuN5OS2. The molecule has 0 aliphatic heterocycles. The molecule has 0 heterocycles. The van der Waals surface area contributed by atoms with Crippen molar-refractivity contribution in [1.29, 1.82) is 0 Å². The minimum absolute atomic E-state index is 0. The Kier molecular flexibility index (Phi) is 12.3. The first-order valence-electron chi connectivity index (χ1n) is 4.84. The number of hydrogen-bond donors (Lipinski definition) is 0. The molecule has 0 saturated carbocycles. The van der Waals surface area contributed by atoms with Crippen molar-refractivity contribution < 1.29 is 21.8 Å². The molecule has 105 valence electrons. The third kappa shape index (κ3) is 10.4. The summed E-state index contributed by atoms with van der Waals surface area (Å²) in [7, 11) is 3.58. The van der Waals surface area contributed by atoms with Gasteiger partial charge in [-0.1, -0.05) is 0 Å². The fraction of sp³-hybridized carbons (Fsp3) is 0.556. The van der Waals surface area contributed by atoms with Crippen LogP contribution in [0.15, 0.2) is 20.4 Å². The smallest absolute Gasteiger partial charge is 0.741 e. The van der Waals surface area contributed by atoms with E-state index in [0.29, 0.717) is 17.5 Å². The van der Waals surface area contributed by atoms with Crippen LogP contribution in [-0.4, -0.2) is 47.9 Å². The summed E-state index contributed by atoms with van der Waals surface area (Å²) in [4.78, 5) is 1.68.